The summed E-state index contributed by atoms with van der Waals surface area (Å²) in [6.07, 6.45) is 4.76. The fraction of sp³-hybridized carbons (Fsp3) is 1.00. The summed E-state index contributed by atoms with van der Waals surface area (Å²) in [4.78, 5) is 0. The summed E-state index contributed by atoms with van der Waals surface area (Å²) in [5.41, 5.74) is 0. The van der Waals surface area contributed by atoms with Gasteiger partial charge in [0.2, 0.25) is 0 Å². The van der Waals surface area contributed by atoms with Gasteiger partial charge in [0.1, 0.15) is 0 Å². The van der Waals surface area contributed by atoms with E-state index in [1.807, 2.05) is 11.8 Å². The van der Waals surface area contributed by atoms with Crippen LogP contribution in [0.25, 0.3) is 0 Å². The molecule has 1 nitrogen and oxygen atoms in total. The summed E-state index contributed by atoms with van der Waals surface area (Å²) in [6.45, 7) is 4.55. The van der Waals surface area contributed by atoms with Crippen molar-refractivity contribution in [1.82, 2.24) is 5.32 Å². The molecule has 0 aliphatic rings. The van der Waals surface area contributed by atoms with Crippen molar-refractivity contribution in [3.05, 3.63) is 0 Å². The molecule has 1 atom stereocenters. The SMILES string of the molecule is CCC(CC)C(CSC)NC. The van der Waals surface area contributed by atoms with Crippen LogP contribution in [0.2, 0.25) is 0 Å². The van der Waals surface area contributed by atoms with Gasteiger partial charge in [-0.2, -0.15) is 11.8 Å². The molecule has 0 rings (SSSR count). The van der Waals surface area contributed by atoms with Gasteiger partial charge in [-0.15, -0.1) is 0 Å². The first-order valence-corrected chi connectivity index (χ1v) is 5.85. The van der Waals surface area contributed by atoms with E-state index in [-0.39, 0.29) is 0 Å². The molecule has 0 spiro atoms. The van der Waals surface area contributed by atoms with Gasteiger partial charge in [-0.25, -0.2) is 0 Å². The maximum absolute atomic E-state index is 3.38. The smallest absolute Gasteiger partial charge is 0.0183 e. The number of thioether (sulfide) groups is 1. The Morgan fingerprint density at radius 1 is 1.27 bits per heavy atom. The fourth-order valence-corrected chi connectivity index (χ4v) is 2.29. The van der Waals surface area contributed by atoms with Crippen LogP contribution in [0.4, 0.5) is 0 Å². The van der Waals surface area contributed by atoms with E-state index in [2.05, 4.69) is 32.5 Å². The van der Waals surface area contributed by atoms with Crippen LogP contribution < -0.4 is 5.32 Å². The summed E-state index contributed by atoms with van der Waals surface area (Å²) in [5.74, 6) is 2.09. The van der Waals surface area contributed by atoms with E-state index in [0.29, 0.717) is 6.04 Å². The predicted molar refractivity (Wildman–Crippen MR) is 55.3 cm³/mol. The molecular weight excluding hydrogens is 154 g/mol. The highest BCUT2D eigenvalue weighted by atomic mass is 32.2. The number of hydrogen-bond acceptors (Lipinski definition) is 2. The Morgan fingerprint density at radius 2 is 1.82 bits per heavy atom. The fourth-order valence-electron chi connectivity index (χ4n) is 1.49. The minimum absolute atomic E-state index is 0.708. The van der Waals surface area contributed by atoms with Crippen molar-refractivity contribution in [1.29, 1.82) is 0 Å². The van der Waals surface area contributed by atoms with E-state index in [0.717, 1.165) is 5.92 Å². The van der Waals surface area contributed by atoms with Gasteiger partial charge >= 0.3 is 0 Å². The van der Waals surface area contributed by atoms with Gasteiger partial charge in [-0.3, -0.25) is 0 Å². The van der Waals surface area contributed by atoms with Crippen LogP contribution in [0.1, 0.15) is 26.7 Å². The molecule has 0 saturated carbocycles. The van der Waals surface area contributed by atoms with E-state index in [1.165, 1.54) is 18.6 Å². The maximum atomic E-state index is 3.38. The normalized spacial score (nSPS) is 13.9. The molecule has 0 aromatic carbocycles. The lowest BCUT2D eigenvalue weighted by Crippen LogP contribution is -2.35. The van der Waals surface area contributed by atoms with Crippen molar-refractivity contribution in [2.75, 3.05) is 19.1 Å². The molecule has 1 unspecified atom stereocenters. The first-order chi connectivity index (χ1) is 5.29. The van der Waals surface area contributed by atoms with Gasteiger partial charge in [-0.1, -0.05) is 26.7 Å². The van der Waals surface area contributed by atoms with Gasteiger partial charge in [0, 0.05) is 11.8 Å². The van der Waals surface area contributed by atoms with E-state index < -0.39 is 0 Å². The van der Waals surface area contributed by atoms with Gasteiger partial charge < -0.3 is 5.32 Å². The van der Waals surface area contributed by atoms with Crippen LogP contribution >= 0.6 is 11.8 Å². The van der Waals surface area contributed by atoms with Crippen LogP contribution in [-0.4, -0.2) is 25.1 Å². The van der Waals surface area contributed by atoms with Crippen LogP contribution in [0, 0.1) is 5.92 Å². The van der Waals surface area contributed by atoms with E-state index in [9.17, 15) is 0 Å². The standard InChI is InChI=1S/C9H21NS/c1-5-8(6-2)9(10-3)7-11-4/h8-10H,5-7H2,1-4H3. The molecular formula is C9H21NS. The third-order valence-corrected chi connectivity index (χ3v) is 3.03. The summed E-state index contributed by atoms with van der Waals surface area (Å²) in [5, 5.41) is 3.38. The zero-order valence-corrected chi connectivity index (χ0v) is 9.00. The summed E-state index contributed by atoms with van der Waals surface area (Å²) in [6, 6.07) is 0.708. The molecule has 11 heavy (non-hydrogen) atoms. The Kier molecular flexibility index (Phi) is 7.18. The maximum Gasteiger partial charge on any atom is 0.0183 e. The molecule has 0 radical (unpaired) electrons. The van der Waals surface area contributed by atoms with Crippen LogP contribution in [-0.2, 0) is 0 Å². The summed E-state index contributed by atoms with van der Waals surface area (Å²) >= 11 is 1.93. The van der Waals surface area contributed by atoms with Crippen molar-refractivity contribution in [2.24, 2.45) is 5.92 Å². The highest BCUT2D eigenvalue weighted by molar-refractivity contribution is 7.98. The molecule has 2 heteroatoms. The number of nitrogens with one attached hydrogen (secondary N) is 1. The third kappa shape index (κ3) is 4.02. The van der Waals surface area contributed by atoms with Crippen molar-refractivity contribution < 1.29 is 0 Å². The quantitative estimate of drug-likeness (QED) is 0.665. The Morgan fingerprint density at radius 3 is 2.09 bits per heavy atom. The lowest BCUT2D eigenvalue weighted by Gasteiger charge is -2.23. The highest BCUT2D eigenvalue weighted by Gasteiger charge is 2.14. The molecule has 0 amide bonds. The molecule has 0 aliphatic heterocycles. The lowest BCUT2D eigenvalue weighted by atomic mass is 9.96. The van der Waals surface area contributed by atoms with E-state index in [1.54, 1.807) is 0 Å². The zero-order chi connectivity index (χ0) is 8.69. The molecule has 0 bridgehead atoms. The average molecular weight is 175 g/mol. The van der Waals surface area contributed by atoms with Crippen molar-refractivity contribution >= 4 is 11.8 Å². The van der Waals surface area contributed by atoms with Gasteiger partial charge in [-0.05, 0) is 19.2 Å². The van der Waals surface area contributed by atoms with Gasteiger partial charge in [0.05, 0.1) is 0 Å². The molecule has 0 heterocycles. The second kappa shape index (κ2) is 6.99. The molecule has 1 N–H and O–H groups in total. The van der Waals surface area contributed by atoms with Crippen molar-refractivity contribution in [3.8, 4) is 0 Å². The molecule has 68 valence electrons. The first kappa shape index (κ1) is 11.3. The Bertz CT molecular complexity index is 81.6. The minimum atomic E-state index is 0.708. The topological polar surface area (TPSA) is 12.0 Å². The second-order valence-electron chi connectivity index (χ2n) is 2.93. The number of hydrogen-bond donors (Lipinski definition) is 1. The number of rotatable bonds is 6. The molecule has 0 saturated heterocycles. The van der Waals surface area contributed by atoms with Crippen LogP contribution in [0.5, 0.6) is 0 Å². The van der Waals surface area contributed by atoms with Gasteiger partial charge in [0.15, 0.2) is 0 Å². The zero-order valence-electron chi connectivity index (χ0n) is 8.18. The summed E-state index contributed by atoms with van der Waals surface area (Å²) < 4.78 is 0. The largest absolute Gasteiger partial charge is 0.316 e. The van der Waals surface area contributed by atoms with Crippen LogP contribution in [0.15, 0.2) is 0 Å². The Labute approximate surface area is 75.3 Å². The second-order valence-corrected chi connectivity index (χ2v) is 3.84. The first-order valence-electron chi connectivity index (χ1n) is 4.46. The third-order valence-electron chi connectivity index (χ3n) is 2.33. The van der Waals surface area contributed by atoms with Crippen molar-refractivity contribution in [3.63, 3.8) is 0 Å². The highest BCUT2D eigenvalue weighted by Crippen LogP contribution is 2.15. The minimum Gasteiger partial charge on any atom is -0.316 e. The molecule has 0 aromatic rings. The molecule has 0 aromatic heterocycles. The average Bonchev–Trinajstić information content (AvgIpc) is 2.05. The Balaban J connectivity index is 3.76. The van der Waals surface area contributed by atoms with E-state index in [4.69, 9.17) is 0 Å². The lowest BCUT2D eigenvalue weighted by molar-refractivity contribution is 0.378. The van der Waals surface area contributed by atoms with Gasteiger partial charge in [0.25, 0.3) is 0 Å². The summed E-state index contributed by atoms with van der Waals surface area (Å²) in [7, 11) is 2.07. The predicted octanol–water partition coefficient (Wildman–Crippen LogP) is 2.37. The Hall–Kier alpha value is 0.310. The van der Waals surface area contributed by atoms with E-state index >= 15 is 0 Å². The molecule has 0 aliphatic carbocycles. The molecule has 0 fully saturated rings. The van der Waals surface area contributed by atoms with Crippen LogP contribution in [0.3, 0.4) is 0 Å². The van der Waals surface area contributed by atoms with Crippen molar-refractivity contribution in [2.45, 2.75) is 32.7 Å². The monoisotopic (exact) mass is 175 g/mol.